The minimum atomic E-state index is -0.442. The summed E-state index contributed by atoms with van der Waals surface area (Å²) in [5, 5.41) is 13.3. The molecule has 136 valence electrons. The molecule has 0 spiro atoms. The Morgan fingerprint density at radius 1 is 1.19 bits per heavy atom. The second-order valence-electron chi connectivity index (χ2n) is 5.60. The normalized spacial score (nSPS) is 10.9. The highest BCUT2D eigenvalue weighted by Gasteiger charge is 2.14. The number of halogens is 1. The van der Waals surface area contributed by atoms with Gasteiger partial charge in [0.25, 0.3) is 0 Å². The van der Waals surface area contributed by atoms with Crippen molar-refractivity contribution in [1.82, 2.24) is 10.2 Å². The van der Waals surface area contributed by atoms with Crippen LogP contribution in [0.15, 0.2) is 62.2 Å². The molecule has 0 radical (unpaired) electrons. The summed E-state index contributed by atoms with van der Waals surface area (Å²) >= 11 is 4.70. The van der Waals surface area contributed by atoms with E-state index in [9.17, 15) is 4.79 Å². The van der Waals surface area contributed by atoms with Crippen molar-refractivity contribution in [2.75, 3.05) is 11.9 Å². The highest BCUT2D eigenvalue weighted by Crippen LogP contribution is 2.32. The van der Waals surface area contributed by atoms with E-state index in [-0.39, 0.29) is 0 Å². The Bertz CT molecular complexity index is 1170. The number of nitrogens with one attached hydrogen (secondary N) is 1. The average Bonchev–Trinajstić information content (AvgIpc) is 3.11. The lowest BCUT2D eigenvalue weighted by Gasteiger charge is -2.09. The molecular formula is C19H14BrN3O3S. The third-order valence-corrected chi connectivity index (χ3v) is 5.14. The molecule has 0 aliphatic carbocycles. The Hall–Kier alpha value is -2.71. The summed E-state index contributed by atoms with van der Waals surface area (Å²) in [6.07, 6.45) is 0. The Kier molecular flexibility index (Phi) is 4.91. The summed E-state index contributed by atoms with van der Waals surface area (Å²) in [6, 6.07) is 14.8. The lowest BCUT2D eigenvalue weighted by molar-refractivity contribution is 0.342. The van der Waals surface area contributed by atoms with Crippen molar-refractivity contribution < 1.29 is 9.15 Å². The number of aromatic nitrogens is 2. The molecule has 2 heterocycles. The Morgan fingerprint density at radius 2 is 2.04 bits per heavy atom. The number of hydrogen-bond donors (Lipinski definition) is 1. The highest BCUT2D eigenvalue weighted by molar-refractivity contribution is 9.10. The van der Waals surface area contributed by atoms with Gasteiger partial charge in [0, 0.05) is 9.86 Å². The number of fused-ring (bicyclic) bond motifs is 1. The van der Waals surface area contributed by atoms with E-state index in [1.807, 2.05) is 43.3 Å². The molecule has 0 aliphatic heterocycles. The Balaban J connectivity index is 1.68. The molecular weight excluding hydrogens is 430 g/mol. The zero-order valence-corrected chi connectivity index (χ0v) is 16.6. The van der Waals surface area contributed by atoms with Crippen molar-refractivity contribution in [1.29, 1.82) is 0 Å². The van der Waals surface area contributed by atoms with Gasteiger partial charge in [0.1, 0.15) is 11.3 Å². The minimum Gasteiger partial charge on any atom is -0.492 e. The molecule has 0 atom stereocenters. The summed E-state index contributed by atoms with van der Waals surface area (Å²) in [5.41, 5.74) is 1.25. The number of hydrogen-bond acceptors (Lipinski definition) is 7. The molecule has 0 unspecified atom stereocenters. The first-order chi connectivity index (χ1) is 13.1. The van der Waals surface area contributed by atoms with Crippen molar-refractivity contribution in [3.05, 3.63) is 63.4 Å². The van der Waals surface area contributed by atoms with Crippen LogP contribution in [0.3, 0.4) is 0 Å². The number of nitrogens with zero attached hydrogens (tertiary/aromatic N) is 2. The zero-order chi connectivity index (χ0) is 18.8. The van der Waals surface area contributed by atoms with Gasteiger partial charge >= 0.3 is 5.63 Å². The minimum absolute atomic E-state index is 0.379. The smallest absolute Gasteiger partial charge is 0.346 e. The molecule has 4 rings (SSSR count). The van der Waals surface area contributed by atoms with Crippen molar-refractivity contribution in [3.63, 3.8) is 0 Å². The molecule has 0 aliphatic rings. The van der Waals surface area contributed by atoms with E-state index < -0.39 is 5.63 Å². The molecule has 0 fully saturated rings. The zero-order valence-electron chi connectivity index (χ0n) is 14.2. The van der Waals surface area contributed by atoms with Crippen LogP contribution >= 0.6 is 27.3 Å². The maximum Gasteiger partial charge on any atom is 0.346 e. The maximum atomic E-state index is 12.3. The SMILES string of the molecule is CCOc1ccccc1Nc1nnc(-c2cc3cc(Br)ccc3oc2=O)s1. The first-order valence-corrected chi connectivity index (χ1v) is 9.81. The number of anilines is 2. The van der Waals surface area contributed by atoms with E-state index in [0.717, 1.165) is 21.3 Å². The van der Waals surface area contributed by atoms with Crippen LogP contribution < -0.4 is 15.7 Å². The fraction of sp³-hybridized carbons (Fsp3) is 0.105. The summed E-state index contributed by atoms with van der Waals surface area (Å²) in [6.45, 7) is 2.49. The van der Waals surface area contributed by atoms with Crippen molar-refractivity contribution in [2.45, 2.75) is 6.92 Å². The summed E-state index contributed by atoms with van der Waals surface area (Å²) in [7, 11) is 0. The fourth-order valence-corrected chi connectivity index (χ4v) is 3.73. The first-order valence-electron chi connectivity index (χ1n) is 8.20. The van der Waals surface area contributed by atoms with Crippen LogP contribution in [0.2, 0.25) is 0 Å². The van der Waals surface area contributed by atoms with Gasteiger partial charge in [0.05, 0.1) is 17.9 Å². The van der Waals surface area contributed by atoms with Crippen LogP contribution in [-0.4, -0.2) is 16.8 Å². The fourth-order valence-electron chi connectivity index (χ4n) is 2.59. The largest absolute Gasteiger partial charge is 0.492 e. The predicted molar refractivity (Wildman–Crippen MR) is 110 cm³/mol. The lowest BCUT2D eigenvalue weighted by Crippen LogP contribution is -2.02. The maximum absolute atomic E-state index is 12.3. The topological polar surface area (TPSA) is 77.2 Å². The van der Waals surface area contributed by atoms with Gasteiger partial charge < -0.3 is 14.5 Å². The van der Waals surface area contributed by atoms with Crippen LogP contribution in [0.1, 0.15) is 6.92 Å². The highest BCUT2D eigenvalue weighted by atomic mass is 79.9. The van der Waals surface area contributed by atoms with Crippen molar-refractivity contribution in [2.24, 2.45) is 0 Å². The molecule has 1 N–H and O–H groups in total. The number of para-hydroxylation sites is 2. The molecule has 0 bridgehead atoms. The van der Waals surface area contributed by atoms with E-state index in [2.05, 4.69) is 31.4 Å². The molecule has 0 saturated carbocycles. The van der Waals surface area contributed by atoms with Crippen LogP contribution in [0.4, 0.5) is 10.8 Å². The van der Waals surface area contributed by atoms with Crippen molar-refractivity contribution in [3.8, 4) is 16.3 Å². The second kappa shape index (κ2) is 7.50. The van der Waals surface area contributed by atoms with Gasteiger partial charge in [0.15, 0.2) is 5.01 Å². The summed E-state index contributed by atoms with van der Waals surface area (Å²) < 4.78 is 11.9. The second-order valence-corrected chi connectivity index (χ2v) is 7.49. The third kappa shape index (κ3) is 3.72. The summed E-state index contributed by atoms with van der Waals surface area (Å²) in [4.78, 5) is 12.3. The van der Waals surface area contributed by atoms with Gasteiger partial charge in [-0.25, -0.2) is 4.79 Å². The van der Waals surface area contributed by atoms with E-state index in [1.165, 1.54) is 11.3 Å². The molecule has 4 aromatic rings. The quantitative estimate of drug-likeness (QED) is 0.426. The Morgan fingerprint density at radius 3 is 2.89 bits per heavy atom. The third-order valence-electron chi connectivity index (χ3n) is 3.78. The van der Waals surface area contributed by atoms with Gasteiger partial charge in [-0.2, -0.15) is 0 Å². The average molecular weight is 444 g/mol. The number of ether oxygens (including phenoxy) is 1. The van der Waals surface area contributed by atoms with Crippen LogP contribution in [0, 0.1) is 0 Å². The van der Waals surface area contributed by atoms with Gasteiger partial charge in [-0.05, 0) is 43.3 Å². The van der Waals surface area contributed by atoms with Crippen LogP contribution in [0.5, 0.6) is 5.75 Å². The first kappa shape index (κ1) is 17.7. The molecule has 0 saturated heterocycles. The number of rotatable bonds is 5. The molecule has 2 aromatic carbocycles. The molecule has 2 aromatic heterocycles. The van der Waals surface area contributed by atoms with E-state index in [1.54, 1.807) is 12.1 Å². The van der Waals surface area contributed by atoms with Crippen LogP contribution in [0.25, 0.3) is 21.5 Å². The lowest BCUT2D eigenvalue weighted by atomic mass is 10.2. The van der Waals surface area contributed by atoms with E-state index >= 15 is 0 Å². The van der Waals surface area contributed by atoms with Gasteiger partial charge in [-0.1, -0.05) is 39.4 Å². The van der Waals surface area contributed by atoms with Gasteiger partial charge in [-0.3, -0.25) is 0 Å². The standard InChI is InChI=1S/C19H14BrN3O3S/c1-2-25-16-6-4-3-5-14(16)21-19-23-22-17(27-19)13-10-11-9-12(20)7-8-15(11)26-18(13)24/h3-10H,2H2,1H3,(H,21,23). The number of benzene rings is 2. The van der Waals surface area contributed by atoms with Gasteiger partial charge in [0.2, 0.25) is 5.13 Å². The van der Waals surface area contributed by atoms with E-state index in [0.29, 0.717) is 27.9 Å². The predicted octanol–water partition coefficient (Wildman–Crippen LogP) is 5.22. The molecule has 6 nitrogen and oxygen atoms in total. The van der Waals surface area contributed by atoms with Crippen LogP contribution in [-0.2, 0) is 0 Å². The molecule has 27 heavy (non-hydrogen) atoms. The van der Waals surface area contributed by atoms with Crippen molar-refractivity contribution >= 4 is 49.1 Å². The van der Waals surface area contributed by atoms with E-state index in [4.69, 9.17) is 9.15 Å². The molecule has 8 heteroatoms. The van der Waals surface area contributed by atoms with Gasteiger partial charge in [-0.15, -0.1) is 10.2 Å². The Labute approximate surface area is 167 Å². The monoisotopic (exact) mass is 443 g/mol. The molecule has 0 amide bonds. The summed E-state index contributed by atoms with van der Waals surface area (Å²) in [5.74, 6) is 0.729.